The first kappa shape index (κ1) is 20.8. The molecule has 1 saturated heterocycles. The Morgan fingerprint density at radius 3 is 2.55 bits per heavy atom. The number of rotatable bonds is 7. The van der Waals surface area contributed by atoms with E-state index in [0.717, 1.165) is 42.5 Å². The van der Waals surface area contributed by atoms with Gasteiger partial charge in [0.1, 0.15) is 6.33 Å². The van der Waals surface area contributed by atoms with E-state index < -0.39 is 11.8 Å². The molecule has 0 aliphatic carbocycles. The summed E-state index contributed by atoms with van der Waals surface area (Å²) in [5.74, 6) is -0.833. The molecule has 7 heteroatoms. The first-order valence-corrected chi connectivity index (χ1v) is 10.5. The highest BCUT2D eigenvalue weighted by Gasteiger charge is 2.28. The van der Waals surface area contributed by atoms with Crippen LogP contribution in [0.2, 0.25) is 0 Å². The molecule has 1 aromatic heterocycles. The Bertz CT molecular complexity index is 1030. The van der Waals surface area contributed by atoms with Crippen LogP contribution in [0.1, 0.15) is 42.0 Å². The zero-order valence-corrected chi connectivity index (χ0v) is 17.2. The van der Waals surface area contributed by atoms with E-state index in [0.29, 0.717) is 12.4 Å². The second kappa shape index (κ2) is 9.55. The van der Waals surface area contributed by atoms with Crippen molar-refractivity contribution >= 4 is 17.6 Å². The van der Waals surface area contributed by atoms with E-state index in [9.17, 15) is 4.79 Å². The first-order valence-electron chi connectivity index (χ1n) is 10.5. The van der Waals surface area contributed by atoms with E-state index in [4.69, 9.17) is 5.11 Å². The number of carboxylic acids is 1. The number of benzene rings is 2. The van der Waals surface area contributed by atoms with Gasteiger partial charge in [-0.05, 0) is 36.0 Å². The summed E-state index contributed by atoms with van der Waals surface area (Å²) in [5.41, 5.74) is 2.80. The molecule has 0 amide bonds. The first-order chi connectivity index (χ1) is 15.1. The molecule has 3 aromatic rings. The van der Waals surface area contributed by atoms with Crippen LogP contribution < -0.4 is 10.2 Å². The Labute approximate surface area is 180 Å². The summed E-state index contributed by atoms with van der Waals surface area (Å²) >= 11 is 0. The lowest BCUT2D eigenvalue weighted by Gasteiger charge is -2.37. The van der Waals surface area contributed by atoms with Crippen molar-refractivity contribution in [2.75, 3.05) is 16.8 Å². The predicted molar refractivity (Wildman–Crippen MR) is 117 cm³/mol. The molecule has 2 aromatic carbocycles. The van der Waals surface area contributed by atoms with E-state index in [-0.39, 0.29) is 18.3 Å². The molecule has 1 unspecified atom stereocenters. The van der Waals surface area contributed by atoms with E-state index in [1.165, 1.54) is 6.33 Å². The van der Waals surface area contributed by atoms with Gasteiger partial charge in [0.2, 0.25) is 5.82 Å². The summed E-state index contributed by atoms with van der Waals surface area (Å²) in [6.45, 7) is 1.13. The fourth-order valence-electron chi connectivity index (χ4n) is 4.03. The number of carboxylic acid groups (broad SMARTS) is 1. The lowest BCUT2D eigenvalue weighted by atomic mass is 9.95. The Morgan fingerprint density at radius 1 is 1.06 bits per heavy atom. The number of piperidine rings is 1. The Kier molecular flexibility index (Phi) is 6.40. The van der Waals surface area contributed by atoms with Gasteiger partial charge in [0.25, 0.3) is 0 Å². The number of anilines is 2. The van der Waals surface area contributed by atoms with Gasteiger partial charge in [0, 0.05) is 13.1 Å². The molecule has 1 fully saturated rings. The van der Waals surface area contributed by atoms with Crippen molar-refractivity contribution in [2.24, 2.45) is 0 Å². The van der Waals surface area contributed by atoms with Gasteiger partial charge in [-0.1, -0.05) is 54.6 Å². The zero-order chi connectivity index (χ0) is 21.6. The van der Waals surface area contributed by atoms with Crippen LogP contribution in [0.4, 0.5) is 16.0 Å². The monoisotopic (exact) mass is 420 g/mol. The molecule has 6 nitrogen and oxygen atoms in total. The van der Waals surface area contributed by atoms with Crippen LogP contribution in [-0.4, -0.2) is 27.6 Å². The van der Waals surface area contributed by atoms with Crippen LogP contribution in [0.5, 0.6) is 0 Å². The SMILES string of the molecule is O=C(O)Cc1ccc(CNc2ncnc(N3CCCCC3c3ccccc3)c2F)cc1. The molecule has 0 spiro atoms. The average molecular weight is 420 g/mol. The number of carbonyl (C=O) groups is 1. The number of nitrogens with one attached hydrogen (secondary N) is 1. The molecule has 0 bridgehead atoms. The number of halogens is 1. The van der Waals surface area contributed by atoms with Gasteiger partial charge < -0.3 is 15.3 Å². The van der Waals surface area contributed by atoms with E-state index in [1.807, 2.05) is 35.2 Å². The van der Waals surface area contributed by atoms with Crippen molar-refractivity contribution < 1.29 is 14.3 Å². The van der Waals surface area contributed by atoms with Crippen molar-refractivity contribution in [3.63, 3.8) is 0 Å². The van der Waals surface area contributed by atoms with Crippen LogP contribution in [-0.2, 0) is 17.8 Å². The number of hydrogen-bond acceptors (Lipinski definition) is 5. The second-order valence-electron chi connectivity index (χ2n) is 7.72. The Balaban J connectivity index is 1.50. The Morgan fingerprint density at radius 2 is 1.81 bits per heavy atom. The molecule has 0 radical (unpaired) electrons. The summed E-state index contributed by atoms with van der Waals surface area (Å²) in [6.07, 6.45) is 4.44. The lowest BCUT2D eigenvalue weighted by Crippen LogP contribution is -2.35. The van der Waals surface area contributed by atoms with Gasteiger partial charge in [0.15, 0.2) is 11.6 Å². The summed E-state index contributed by atoms with van der Waals surface area (Å²) in [5, 5.41) is 11.9. The molecule has 1 atom stereocenters. The molecule has 2 heterocycles. The fraction of sp³-hybridized carbons (Fsp3) is 0.292. The summed E-state index contributed by atoms with van der Waals surface area (Å²) in [6, 6.07) is 17.5. The topological polar surface area (TPSA) is 78.3 Å². The van der Waals surface area contributed by atoms with Gasteiger partial charge >= 0.3 is 5.97 Å². The maximum Gasteiger partial charge on any atom is 0.307 e. The average Bonchev–Trinajstić information content (AvgIpc) is 2.80. The molecule has 2 N–H and O–H groups in total. The molecular weight excluding hydrogens is 395 g/mol. The zero-order valence-electron chi connectivity index (χ0n) is 17.2. The minimum absolute atomic E-state index is 0.0178. The van der Waals surface area contributed by atoms with Crippen molar-refractivity contribution in [2.45, 2.75) is 38.3 Å². The van der Waals surface area contributed by atoms with E-state index >= 15 is 4.39 Å². The van der Waals surface area contributed by atoms with Gasteiger partial charge in [0.05, 0.1) is 12.5 Å². The fourth-order valence-corrected chi connectivity index (χ4v) is 4.03. The Hall–Kier alpha value is -3.48. The summed E-state index contributed by atoms with van der Waals surface area (Å²) < 4.78 is 15.4. The van der Waals surface area contributed by atoms with Crippen LogP contribution in [0.15, 0.2) is 60.9 Å². The van der Waals surface area contributed by atoms with Crippen molar-refractivity contribution in [1.29, 1.82) is 0 Å². The third-order valence-corrected chi connectivity index (χ3v) is 5.57. The molecule has 1 aliphatic heterocycles. The lowest BCUT2D eigenvalue weighted by molar-refractivity contribution is -0.136. The van der Waals surface area contributed by atoms with Crippen molar-refractivity contribution in [1.82, 2.24) is 9.97 Å². The summed E-state index contributed by atoms with van der Waals surface area (Å²) in [7, 11) is 0. The predicted octanol–water partition coefficient (Wildman–Crippen LogP) is 4.59. The third kappa shape index (κ3) is 4.99. The number of aliphatic carboxylic acids is 1. The molecular formula is C24H25FN4O2. The largest absolute Gasteiger partial charge is 0.481 e. The standard InChI is InChI=1S/C24H25FN4O2/c25-22-23(26-15-18-11-9-17(10-12-18)14-21(30)31)27-16-28-24(22)29-13-5-4-8-20(29)19-6-2-1-3-7-19/h1-3,6-7,9-12,16,20H,4-5,8,13-15H2,(H,30,31)(H,26,27,28). The van der Waals surface area contributed by atoms with E-state index in [2.05, 4.69) is 27.4 Å². The van der Waals surface area contributed by atoms with Crippen molar-refractivity contribution in [3.8, 4) is 0 Å². The van der Waals surface area contributed by atoms with Crippen molar-refractivity contribution in [3.05, 3.63) is 83.4 Å². The maximum atomic E-state index is 15.4. The second-order valence-corrected chi connectivity index (χ2v) is 7.72. The highest BCUT2D eigenvalue weighted by molar-refractivity contribution is 5.70. The maximum absolute atomic E-state index is 15.4. The number of aromatic nitrogens is 2. The van der Waals surface area contributed by atoms with Gasteiger partial charge in [-0.3, -0.25) is 4.79 Å². The molecule has 31 heavy (non-hydrogen) atoms. The number of hydrogen-bond donors (Lipinski definition) is 2. The molecule has 160 valence electrons. The minimum atomic E-state index is -0.868. The van der Waals surface area contributed by atoms with Crippen LogP contribution in [0, 0.1) is 5.82 Å². The normalized spacial score (nSPS) is 16.2. The smallest absolute Gasteiger partial charge is 0.307 e. The summed E-state index contributed by atoms with van der Waals surface area (Å²) in [4.78, 5) is 21.2. The highest BCUT2D eigenvalue weighted by Crippen LogP contribution is 2.36. The quantitative estimate of drug-likeness (QED) is 0.582. The van der Waals surface area contributed by atoms with Gasteiger partial charge in [-0.25, -0.2) is 9.97 Å². The highest BCUT2D eigenvalue weighted by atomic mass is 19.1. The van der Waals surface area contributed by atoms with Crippen LogP contribution >= 0.6 is 0 Å². The minimum Gasteiger partial charge on any atom is -0.481 e. The molecule has 0 saturated carbocycles. The third-order valence-electron chi connectivity index (χ3n) is 5.57. The molecule has 4 rings (SSSR count). The van der Waals surface area contributed by atoms with Gasteiger partial charge in [-0.15, -0.1) is 0 Å². The molecule has 1 aliphatic rings. The van der Waals surface area contributed by atoms with Crippen LogP contribution in [0.3, 0.4) is 0 Å². The number of nitrogens with zero attached hydrogens (tertiary/aromatic N) is 3. The van der Waals surface area contributed by atoms with E-state index in [1.54, 1.807) is 12.1 Å². The van der Waals surface area contributed by atoms with Crippen LogP contribution in [0.25, 0.3) is 0 Å². The van der Waals surface area contributed by atoms with Gasteiger partial charge in [-0.2, -0.15) is 4.39 Å².